The van der Waals surface area contributed by atoms with Crippen molar-refractivity contribution >= 4 is 23.4 Å². The van der Waals surface area contributed by atoms with Crippen LogP contribution in [0.15, 0.2) is 23.5 Å². The number of halogens is 1. The molecule has 7 rings (SSSR count). The SMILES string of the molecule is CO[C@H]1C(=O)OC[C@H](O)c2cc(Cl)c3c(c2)[C@@]24O[C@]5(O)C(=C(C)C(=O)[C@]16O[C@H]65)O[C@@]2([C@H](O)C[C@H]4O)[C@H]3O. The van der Waals surface area contributed by atoms with Crippen LogP contribution in [-0.2, 0) is 38.9 Å². The number of methoxy groups -OCH3 is 1. The van der Waals surface area contributed by atoms with Crippen molar-refractivity contribution in [3.05, 3.63) is 45.2 Å². The van der Waals surface area contributed by atoms with Gasteiger partial charge in [-0.1, -0.05) is 11.6 Å². The van der Waals surface area contributed by atoms with Crippen LogP contribution < -0.4 is 0 Å². The molecule has 0 amide bonds. The van der Waals surface area contributed by atoms with E-state index < -0.39 is 83.3 Å². The molecule has 13 heteroatoms. The molecule has 3 aliphatic heterocycles. The number of aliphatic hydroxyl groups excluding tert-OH is 4. The monoisotopic (exact) mass is 538 g/mol. The van der Waals surface area contributed by atoms with Crippen molar-refractivity contribution in [1.82, 2.24) is 0 Å². The molecule has 198 valence electrons. The molecule has 1 saturated carbocycles. The third-order valence-electron chi connectivity index (χ3n) is 8.78. The number of epoxide rings is 1. The first-order valence-electron chi connectivity index (χ1n) is 11.7. The largest absolute Gasteiger partial charge is 0.476 e. The number of carbonyl (C=O) groups excluding carboxylic acids is 2. The second-order valence-corrected chi connectivity index (χ2v) is 10.8. The van der Waals surface area contributed by atoms with Crippen molar-refractivity contribution in [1.29, 1.82) is 0 Å². The summed E-state index contributed by atoms with van der Waals surface area (Å²) in [6, 6.07) is 2.74. The van der Waals surface area contributed by atoms with Gasteiger partial charge in [0, 0.05) is 29.7 Å². The van der Waals surface area contributed by atoms with E-state index in [4.69, 9.17) is 35.3 Å². The fourth-order valence-electron chi connectivity index (χ4n) is 7.12. The summed E-state index contributed by atoms with van der Waals surface area (Å²) in [7, 11) is 1.15. The van der Waals surface area contributed by atoms with Crippen molar-refractivity contribution in [3.63, 3.8) is 0 Å². The quantitative estimate of drug-likeness (QED) is 0.212. The van der Waals surface area contributed by atoms with Crippen molar-refractivity contribution < 1.29 is 58.8 Å². The van der Waals surface area contributed by atoms with Crippen LogP contribution in [0.4, 0.5) is 0 Å². The van der Waals surface area contributed by atoms with Crippen LogP contribution in [0.25, 0.3) is 0 Å². The van der Waals surface area contributed by atoms with E-state index in [1.807, 2.05) is 0 Å². The van der Waals surface area contributed by atoms with E-state index in [1.54, 1.807) is 0 Å². The number of hydrogen-bond acceptors (Lipinski definition) is 12. The number of fused-ring (bicyclic) bond motifs is 1. The Bertz CT molecular complexity index is 1330. The van der Waals surface area contributed by atoms with Crippen LogP contribution >= 0.6 is 11.6 Å². The van der Waals surface area contributed by atoms with E-state index in [0.717, 1.165) is 7.11 Å². The van der Waals surface area contributed by atoms with Crippen molar-refractivity contribution in [2.45, 2.75) is 72.6 Å². The predicted molar refractivity (Wildman–Crippen MR) is 117 cm³/mol. The Hall–Kier alpha value is -2.13. The van der Waals surface area contributed by atoms with Crippen molar-refractivity contribution in [3.8, 4) is 0 Å². The standard InChI is InChI=1S/C24H23ClO12/c1-7-15(29)21-18(33-2)19(31)34-6-11(26)8-3-9-14(10(25)4-8)16(30)23-13(28)5-12(27)22(9,23)37-24(32,17(7)35-23)20(21)36-21/h3-4,11-13,16,18,20,26-28,30,32H,5-6H2,1-2H3/t11-,12+,13+,16-,18-,20+,21-,22-,23-,24+/m0/s1. The van der Waals surface area contributed by atoms with Crippen LogP contribution in [0.3, 0.4) is 0 Å². The number of hydrogen-bond donors (Lipinski definition) is 5. The van der Waals surface area contributed by atoms with Crippen molar-refractivity contribution in [2.75, 3.05) is 13.7 Å². The summed E-state index contributed by atoms with van der Waals surface area (Å²) >= 11 is 6.54. The summed E-state index contributed by atoms with van der Waals surface area (Å²) in [6.07, 6.45) is -9.68. The van der Waals surface area contributed by atoms with E-state index in [1.165, 1.54) is 19.1 Å². The minimum atomic E-state index is -2.56. The van der Waals surface area contributed by atoms with Gasteiger partial charge in [0.2, 0.25) is 0 Å². The molecule has 0 aromatic heterocycles. The third kappa shape index (κ3) is 2.32. The average molecular weight is 539 g/mol. The summed E-state index contributed by atoms with van der Waals surface area (Å²) in [5.74, 6) is -4.78. The maximum absolute atomic E-state index is 13.6. The summed E-state index contributed by atoms with van der Waals surface area (Å²) in [4.78, 5) is 26.6. The van der Waals surface area contributed by atoms with Crippen molar-refractivity contribution in [2.24, 2.45) is 0 Å². The second kappa shape index (κ2) is 6.89. The molecule has 6 aliphatic rings. The molecule has 3 aliphatic carbocycles. The highest BCUT2D eigenvalue weighted by Gasteiger charge is 2.88. The van der Waals surface area contributed by atoms with Gasteiger partial charge in [-0.15, -0.1) is 0 Å². The zero-order valence-electron chi connectivity index (χ0n) is 19.5. The first-order chi connectivity index (χ1) is 17.4. The van der Waals surface area contributed by atoms with Gasteiger partial charge in [0.1, 0.15) is 24.9 Å². The van der Waals surface area contributed by atoms with Gasteiger partial charge in [0.25, 0.3) is 5.79 Å². The van der Waals surface area contributed by atoms with Crippen LogP contribution in [0.1, 0.15) is 42.2 Å². The first-order valence-corrected chi connectivity index (χ1v) is 12.1. The molecule has 0 radical (unpaired) electrons. The van der Waals surface area contributed by atoms with Crippen LogP contribution in [0.2, 0.25) is 5.02 Å². The Balaban J connectivity index is 1.57. The highest BCUT2D eigenvalue weighted by atomic mass is 35.5. The molecule has 10 atom stereocenters. The minimum absolute atomic E-state index is 0.0480. The fraction of sp³-hybridized carbons (Fsp3) is 0.583. The number of cyclic esters (lactones) is 1. The van der Waals surface area contributed by atoms with E-state index in [9.17, 15) is 35.1 Å². The number of rotatable bonds is 1. The molecule has 0 unspecified atom stereocenters. The number of ether oxygens (including phenoxy) is 5. The summed E-state index contributed by atoms with van der Waals surface area (Å²) in [5, 5.41) is 57.0. The normalized spacial score (nSPS) is 49.1. The highest BCUT2D eigenvalue weighted by Crippen LogP contribution is 2.71. The molecule has 37 heavy (non-hydrogen) atoms. The minimum Gasteiger partial charge on any atom is -0.476 e. The Labute approximate surface area is 213 Å². The lowest BCUT2D eigenvalue weighted by Gasteiger charge is -2.55. The number of esters is 1. The Morgan fingerprint density at radius 2 is 1.86 bits per heavy atom. The fourth-order valence-corrected chi connectivity index (χ4v) is 7.45. The number of aliphatic hydroxyl groups is 5. The van der Waals surface area contributed by atoms with E-state index >= 15 is 0 Å². The van der Waals surface area contributed by atoms with Crippen LogP contribution in [-0.4, -0.2) is 92.4 Å². The van der Waals surface area contributed by atoms with E-state index in [2.05, 4.69) is 0 Å². The van der Waals surface area contributed by atoms with Gasteiger partial charge in [0.05, 0.1) is 6.10 Å². The molecule has 5 N–H and O–H groups in total. The Morgan fingerprint density at radius 3 is 2.57 bits per heavy atom. The maximum Gasteiger partial charge on any atom is 0.339 e. The van der Waals surface area contributed by atoms with Crippen LogP contribution in [0.5, 0.6) is 0 Å². The molecular formula is C24H23ClO12. The lowest BCUT2D eigenvalue weighted by Crippen LogP contribution is -2.70. The molecule has 12 nitrogen and oxygen atoms in total. The Morgan fingerprint density at radius 1 is 1.14 bits per heavy atom. The van der Waals surface area contributed by atoms with E-state index in [0.29, 0.717) is 0 Å². The highest BCUT2D eigenvalue weighted by molar-refractivity contribution is 6.31. The number of benzene rings is 1. The van der Waals surface area contributed by atoms with Gasteiger partial charge in [0.15, 0.2) is 40.6 Å². The molecular weight excluding hydrogens is 516 g/mol. The van der Waals surface area contributed by atoms with Crippen LogP contribution in [0, 0.1) is 0 Å². The number of carbonyl (C=O) groups is 2. The number of Topliss-reactive ketones (excluding diaryl/α,β-unsaturated/α-hetero) is 1. The zero-order valence-corrected chi connectivity index (χ0v) is 20.3. The van der Waals surface area contributed by atoms with Gasteiger partial charge >= 0.3 is 5.97 Å². The van der Waals surface area contributed by atoms with Gasteiger partial charge in [-0.05, 0) is 30.2 Å². The topological polar surface area (TPSA) is 185 Å². The smallest absolute Gasteiger partial charge is 0.339 e. The maximum atomic E-state index is 13.6. The Kier molecular flexibility index (Phi) is 4.46. The zero-order chi connectivity index (χ0) is 26.4. The lowest BCUT2D eigenvalue weighted by atomic mass is 9.75. The van der Waals surface area contributed by atoms with Gasteiger partial charge in [-0.3, -0.25) is 4.79 Å². The molecule has 3 heterocycles. The van der Waals surface area contributed by atoms with Gasteiger partial charge in [-0.2, -0.15) is 0 Å². The number of ketones is 1. The summed E-state index contributed by atoms with van der Waals surface area (Å²) < 4.78 is 28.8. The second-order valence-electron chi connectivity index (χ2n) is 10.4. The first kappa shape index (κ1) is 23.9. The molecule has 1 spiro atoms. The third-order valence-corrected chi connectivity index (χ3v) is 9.09. The predicted octanol–water partition coefficient (Wildman–Crippen LogP) is -1.22. The molecule has 1 aromatic carbocycles. The average Bonchev–Trinajstić information content (AvgIpc) is 3.52. The lowest BCUT2D eigenvalue weighted by molar-refractivity contribution is -0.387. The van der Waals surface area contributed by atoms with Gasteiger partial charge < -0.3 is 49.2 Å². The van der Waals surface area contributed by atoms with E-state index in [-0.39, 0.29) is 33.7 Å². The molecule has 5 bridgehead atoms. The molecule has 1 aromatic rings. The summed E-state index contributed by atoms with van der Waals surface area (Å²) in [5.41, 5.74) is -6.23. The van der Waals surface area contributed by atoms with Gasteiger partial charge in [-0.25, -0.2) is 4.79 Å². The molecule has 2 saturated heterocycles. The molecule has 3 fully saturated rings. The summed E-state index contributed by atoms with van der Waals surface area (Å²) in [6.45, 7) is 0.753.